The molecule has 1 heterocycles. The van der Waals surface area contributed by atoms with Crippen LogP contribution in [0.1, 0.15) is 81.4 Å². The first-order valence-corrected chi connectivity index (χ1v) is 10.7. The van der Waals surface area contributed by atoms with Crippen LogP contribution >= 0.6 is 0 Å². The SMILES string of the molecule is CC(C)c1ccc2c(c1)C13CCCCC1CCCC3(c1ccccc1)N2. The lowest BCUT2D eigenvalue weighted by Crippen LogP contribution is -2.57. The van der Waals surface area contributed by atoms with Crippen LogP contribution in [-0.4, -0.2) is 0 Å². The second-order valence-corrected chi connectivity index (χ2v) is 9.16. The third kappa shape index (κ3) is 2.03. The van der Waals surface area contributed by atoms with Gasteiger partial charge >= 0.3 is 0 Å². The van der Waals surface area contributed by atoms with E-state index in [1.807, 2.05) is 0 Å². The summed E-state index contributed by atoms with van der Waals surface area (Å²) in [6.07, 6.45) is 9.55. The monoisotopic (exact) mass is 345 g/mol. The fourth-order valence-electron chi connectivity index (χ4n) is 6.62. The Bertz CT molecular complexity index is 806. The number of hydrogen-bond donors (Lipinski definition) is 1. The van der Waals surface area contributed by atoms with Gasteiger partial charge in [0.15, 0.2) is 0 Å². The molecule has 0 radical (unpaired) electrons. The van der Waals surface area contributed by atoms with E-state index in [9.17, 15) is 0 Å². The molecule has 5 rings (SSSR count). The average molecular weight is 346 g/mol. The molecule has 3 atom stereocenters. The van der Waals surface area contributed by atoms with E-state index in [1.165, 1.54) is 61.8 Å². The molecule has 2 aliphatic carbocycles. The number of nitrogens with one attached hydrogen (secondary N) is 1. The average Bonchev–Trinajstić information content (AvgIpc) is 2.98. The van der Waals surface area contributed by atoms with Crippen molar-refractivity contribution in [2.45, 2.75) is 75.7 Å². The lowest BCUT2D eigenvalue weighted by atomic mass is 9.48. The zero-order valence-electron chi connectivity index (χ0n) is 16.2. The summed E-state index contributed by atoms with van der Waals surface area (Å²) in [5, 5.41) is 4.12. The molecule has 0 bridgehead atoms. The Morgan fingerprint density at radius 1 is 0.923 bits per heavy atom. The van der Waals surface area contributed by atoms with E-state index in [-0.39, 0.29) is 11.0 Å². The van der Waals surface area contributed by atoms with Gasteiger partial charge in [-0.1, -0.05) is 75.6 Å². The van der Waals surface area contributed by atoms with Crippen LogP contribution < -0.4 is 5.32 Å². The Kier molecular flexibility index (Phi) is 3.71. The van der Waals surface area contributed by atoms with E-state index in [4.69, 9.17) is 0 Å². The predicted molar refractivity (Wildman–Crippen MR) is 110 cm³/mol. The summed E-state index contributed by atoms with van der Waals surface area (Å²) < 4.78 is 0. The van der Waals surface area contributed by atoms with Gasteiger partial charge in [-0.05, 0) is 60.3 Å². The minimum absolute atomic E-state index is 0.0928. The van der Waals surface area contributed by atoms with Crippen molar-refractivity contribution >= 4 is 5.69 Å². The van der Waals surface area contributed by atoms with Gasteiger partial charge in [0.1, 0.15) is 0 Å². The van der Waals surface area contributed by atoms with E-state index in [0.29, 0.717) is 5.92 Å². The first-order valence-electron chi connectivity index (χ1n) is 10.7. The maximum atomic E-state index is 4.12. The number of anilines is 1. The molecule has 2 saturated carbocycles. The highest BCUT2D eigenvalue weighted by Crippen LogP contribution is 2.66. The number of benzene rings is 2. The van der Waals surface area contributed by atoms with Crippen molar-refractivity contribution in [3.05, 3.63) is 65.2 Å². The third-order valence-corrected chi connectivity index (χ3v) is 7.74. The minimum Gasteiger partial charge on any atom is -0.374 e. The molecular formula is C25H31N. The summed E-state index contributed by atoms with van der Waals surface area (Å²) in [5.41, 5.74) is 6.43. The molecule has 1 spiro atoms. The van der Waals surface area contributed by atoms with E-state index in [1.54, 1.807) is 5.56 Å². The van der Waals surface area contributed by atoms with Crippen LogP contribution in [0.3, 0.4) is 0 Å². The highest BCUT2D eigenvalue weighted by molar-refractivity contribution is 5.68. The molecular weight excluding hydrogens is 314 g/mol. The second-order valence-electron chi connectivity index (χ2n) is 9.16. The molecule has 3 aliphatic rings. The smallest absolute Gasteiger partial charge is 0.0725 e. The lowest BCUT2D eigenvalue weighted by Gasteiger charge is -2.57. The summed E-state index contributed by atoms with van der Waals surface area (Å²) in [6.45, 7) is 4.65. The zero-order chi connectivity index (χ0) is 17.8. The van der Waals surface area contributed by atoms with Crippen LogP contribution in [0.2, 0.25) is 0 Å². The number of rotatable bonds is 2. The highest BCUT2D eigenvalue weighted by Gasteiger charge is 2.63. The van der Waals surface area contributed by atoms with Crippen molar-refractivity contribution in [1.82, 2.24) is 0 Å². The predicted octanol–water partition coefficient (Wildman–Crippen LogP) is 6.74. The van der Waals surface area contributed by atoms with E-state index >= 15 is 0 Å². The maximum Gasteiger partial charge on any atom is 0.0725 e. The van der Waals surface area contributed by atoms with Crippen molar-refractivity contribution in [3.63, 3.8) is 0 Å². The van der Waals surface area contributed by atoms with Crippen LogP contribution in [-0.2, 0) is 11.0 Å². The molecule has 2 aromatic rings. The minimum atomic E-state index is 0.0928. The third-order valence-electron chi connectivity index (χ3n) is 7.74. The lowest BCUT2D eigenvalue weighted by molar-refractivity contribution is 0.0564. The van der Waals surface area contributed by atoms with Crippen LogP contribution in [0.25, 0.3) is 0 Å². The zero-order valence-corrected chi connectivity index (χ0v) is 16.2. The van der Waals surface area contributed by atoms with Crippen molar-refractivity contribution in [1.29, 1.82) is 0 Å². The number of hydrogen-bond acceptors (Lipinski definition) is 1. The molecule has 1 N–H and O–H groups in total. The summed E-state index contributed by atoms with van der Waals surface area (Å²) in [4.78, 5) is 0. The Morgan fingerprint density at radius 3 is 2.54 bits per heavy atom. The topological polar surface area (TPSA) is 12.0 Å². The first kappa shape index (κ1) is 16.4. The number of fused-ring (bicyclic) bond motifs is 1. The van der Waals surface area contributed by atoms with Crippen LogP contribution in [0.5, 0.6) is 0 Å². The first-order chi connectivity index (χ1) is 12.7. The van der Waals surface area contributed by atoms with Gasteiger partial charge in [0.2, 0.25) is 0 Å². The fourth-order valence-corrected chi connectivity index (χ4v) is 6.62. The van der Waals surface area contributed by atoms with Gasteiger partial charge in [-0.25, -0.2) is 0 Å². The van der Waals surface area contributed by atoms with Gasteiger partial charge in [0, 0.05) is 11.1 Å². The van der Waals surface area contributed by atoms with Gasteiger partial charge < -0.3 is 5.32 Å². The Hall–Kier alpha value is -1.76. The maximum absolute atomic E-state index is 4.12. The molecule has 26 heavy (non-hydrogen) atoms. The van der Waals surface area contributed by atoms with E-state index < -0.39 is 0 Å². The van der Waals surface area contributed by atoms with Crippen molar-refractivity contribution in [2.75, 3.05) is 5.32 Å². The molecule has 1 aliphatic heterocycles. The van der Waals surface area contributed by atoms with Crippen LogP contribution in [0.15, 0.2) is 48.5 Å². The fraction of sp³-hybridized carbons (Fsp3) is 0.520. The van der Waals surface area contributed by atoms with E-state index in [2.05, 4.69) is 67.7 Å². The largest absolute Gasteiger partial charge is 0.374 e. The van der Waals surface area contributed by atoms with Crippen molar-refractivity contribution in [2.24, 2.45) is 5.92 Å². The normalized spacial score (nSPS) is 32.5. The molecule has 0 saturated heterocycles. The molecule has 0 amide bonds. The molecule has 0 aromatic heterocycles. The van der Waals surface area contributed by atoms with Crippen molar-refractivity contribution in [3.8, 4) is 0 Å². The van der Waals surface area contributed by atoms with Gasteiger partial charge in [-0.15, -0.1) is 0 Å². The van der Waals surface area contributed by atoms with Crippen LogP contribution in [0.4, 0.5) is 5.69 Å². The quantitative estimate of drug-likeness (QED) is 0.635. The van der Waals surface area contributed by atoms with Gasteiger partial charge in [0.05, 0.1) is 5.54 Å². The molecule has 136 valence electrons. The Labute approximate surface area is 158 Å². The Balaban J connectivity index is 1.77. The Morgan fingerprint density at radius 2 is 1.73 bits per heavy atom. The van der Waals surface area contributed by atoms with Gasteiger partial charge in [-0.3, -0.25) is 0 Å². The highest BCUT2D eigenvalue weighted by atomic mass is 15.1. The molecule has 1 nitrogen and oxygen atoms in total. The molecule has 2 fully saturated rings. The summed E-state index contributed by atoms with van der Waals surface area (Å²) in [6, 6.07) is 18.7. The molecule has 2 aromatic carbocycles. The second kappa shape index (κ2) is 5.87. The van der Waals surface area contributed by atoms with E-state index in [0.717, 1.165) is 5.92 Å². The van der Waals surface area contributed by atoms with Gasteiger partial charge in [0.25, 0.3) is 0 Å². The van der Waals surface area contributed by atoms with Crippen LogP contribution in [0, 0.1) is 5.92 Å². The summed E-state index contributed by atoms with van der Waals surface area (Å²) in [5.74, 6) is 1.41. The van der Waals surface area contributed by atoms with Gasteiger partial charge in [-0.2, -0.15) is 0 Å². The summed E-state index contributed by atoms with van der Waals surface area (Å²) >= 11 is 0. The standard InChI is InChI=1S/C25H31N/c1-18(2)19-13-14-23-22(17-19)24-15-7-6-9-20(24)12-8-16-25(24,26-23)21-10-4-3-5-11-21/h3-5,10-11,13-14,17-18,20,26H,6-9,12,15-16H2,1-2H3. The molecule has 1 heteroatoms. The summed E-state index contributed by atoms with van der Waals surface area (Å²) in [7, 11) is 0. The molecule has 3 unspecified atom stereocenters. The van der Waals surface area contributed by atoms with Crippen molar-refractivity contribution < 1.29 is 0 Å².